The van der Waals surface area contributed by atoms with E-state index in [0.717, 1.165) is 17.1 Å². The molecule has 2 heterocycles. The van der Waals surface area contributed by atoms with Crippen LogP contribution in [0.15, 0.2) is 30.3 Å². The summed E-state index contributed by atoms with van der Waals surface area (Å²) in [5, 5.41) is 3.47. The van der Waals surface area contributed by atoms with Gasteiger partial charge in [0.1, 0.15) is 0 Å². The third-order valence-corrected chi connectivity index (χ3v) is 5.03. The molecule has 1 aromatic carbocycles. The molecule has 5 nitrogen and oxygen atoms in total. The van der Waals surface area contributed by atoms with Crippen molar-refractivity contribution in [2.24, 2.45) is 0 Å². The summed E-state index contributed by atoms with van der Waals surface area (Å²) in [5.41, 5.74) is 3.57. The number of nitrogens with zero attached hydrogens (tertiary/aromatic N) is 2. The average molecular weight is 360 g/mol. The summed E-state index contributed by atoms with van der Waals surface area (Å²) in [6.07, 6.45) is 0. The van der Waals surface area contributed by atoms with Crippen molar-refractivity contribution in [2.45, 2.75) is 26.8 Å². The van der Waals surface area contributed by atoms with E-state index in [1.165, 1.54) is 0 Å². The van der Waals surface area contributed by atoms with Gasteiger partial charge in [-0.2, -0.15) is 0 Å². The molecule has 1 fully saturated rings. The number of hydrogen-bond acceptors (Lipinski definition) is 3. The predicted molar refractivity (Wildman–Crippen MR) is 98.6 cm³/mol. The largest absolute Gasteiger partial charge is 0.354 e. The Morgan fingerprint density at radius 3 is 2.56 bits per heavy atom. The van der Waals surface area contributed by atoms with Crippen molar-refractivity contribution in [3.63, 3.8) is 0 Å². The molecule has 1 amide bonds. The Balaban J connectivity index is 1.90. The van der Waals surface area contributed by atoms with Crippen LogP contribution in [0.3, 0.4) is 0 Å². The Kier molecular flexibility index (Phi) is 4.97. The first-order valence-corrected chi connectivity index (χ1v) is 8.76. The van der Waals surface area contributed by atoms with E-state index < -0.39 is 0 Å². The molecule has 0 aliphatic carbocycles. The maximum atomic E-state index is 13.0. The van der Waals surface area contributed by atoms with Crippen molar-refractivity contribution >= 4 is 23.3 Å². The fraction of sp³-hybridized carbons (Fsp3) is 0.368. The van der Waals surface area contributed by atoms with Crippen LogP contribution in [0.1, 0.15) is 28.7 Å². The van der Waals surface area contributed by atoms with E-state index in [-0.39, 0.29) is 24.3 Å². The highest BCUT2D eigenvalue weighted by atomic mass is 35.5. The van der Waals surface area contributed by atoms with Gasteiger partial charge in [-0.25, -0.2) is 0 Å². The van der Waals surface area contributed by atoms with Crippen LogP contribution in [0, 0.1) is 13.8 Å². The first-order valence-electron chi connectivity index (χ1n) is 8.38. The van der Waals surface area contributed by atoms with Gasteiger partial charge in [-0.3, -0.25) is 14.5 Å². The lowest BCUT2D eigenvalue weighted by Gasteiger charge is -2.31. The lowest BCUT2D eigenvalue weighted by atomic mass is 10.0. The minimum Gasteiger partial charge on any atom is -0.354 e. The highest BCUT2D eigenvalue weighted by molar-refractivity contribution is 6.30. The molecule has 0 bridgehead atoms. The summed E-state index contributed by atoms with van der Waals surface area (Å²) >= 11 is 5.97. The van der Waals surface area contributed by atoms with Gasteiger partial charge < -0.3 is 9.88 Å². The topological polar surface area (TPSA) is 54.3 Å². The molecular formula is C19H22ClN3O2. The molecule has 1 aliphatic heterocycles. The summed E-state index contributed by atoms with van der Waals surface area (Å²) in [7, 11) is 0. The molecule has 2 aromatic rings. The van der Waals surface area contributed by atoms with Gasteiger partial charge in [-0.1, -0.05) is 11.6 Å². The van der Waals surface area contributed by atoms with E-state index >= 15 is 0 Å². The van der Waals surface area contributed by atoms with Crippen LogP contribution >= 0.6 is 11.6 Å². The zero-order chi connectivity index (χ0) is 18.1. The van der Waals surface area contributed by atoms with Crippen molar-refractivity contribution in [3.05, 3.63) is 52.3 Å². The van der Waals surface area contributed by atoms with Gasteiger partial charge in [0.05, 0.1) is 12.6 Å². The Morgan fingerprint density at radius 1 is 1.24 bits per heavy atom. The number of Topliss-reactive ketones (excluding diaryl/α,β-unsaturated/α-hetero) is 1. The first-order chi connectivity index (χ1) is 11.9. The minimum atomic E-state index is -0.329. The Bertz CT molecular complexity index is 811. The van der Waals surface area contributed by atoms with Crippen molar-refractivity contribution in [3.8, 4) is 5.69 Å². The van der Waals surface area contributed by atoms with Crippen LogP contribution in [0.4, 0.5) is 0 Å². The highest BCUT2D eigenvalue weighted by Crippen LogP contribution is 2.24. The van der Waals surface area contributed by atoms with E-state index in [9.17, 15) is 9.59 Å². The van der Waals surface area contributed by atoms with Gasteiger partial charge in [-0.05, 0) is 51.1 Å². The average Bonchev–Trinajstić information content (AvgIpc) is 2.89. The molecule has 25 heavy (non-hydrogen) atoms. The van der Waals surface area contributed by atoms with E-state index in [2.05, 4.69) is 9.88 Å². The van der Waals surface area contributed by atoms with Gasteiger partial charge in [0.2, 0.25) is 5.91 Å². The number of piperazine rings is 1. The fourth-order valence-corrected chi connectivity index (χ4v) is 3.51. The van der Waals surface area contributed by atoms with E-state index in [0.29, 0.717) is 23.7 Å². The number of aryl methyl sites for hydroxylation is 1. The summed E-state index contributed by atoms with van der Waals surface area (Å²) in [6.45, 7) is 7.34. The molecule has 0 radical (unpaired) electrons. The fourth-order valence-electron chi connectivity index (χ4n) is 3.38. The first kappa shape index (κ1) is 17.7. The summed E-state index contributed by atoms with van der Waals surface area (Å²) in [6, 6.07) is 9.15. The van der Waals surface area contributed by atoms with Crippen LogP contribution in [0.2, 0.25) is 5.02 Å². The third kappa shape index (κ3) is 3.48. The summed E-state index contributed by atoms with van der Waals surface area (Å²) in [4.78, 5) is 26.5. The quantitative estimate of drug-likeness (QED) is 0.854. The van der Waals surface area contributed by atoms with Gasteiger partial charge in [-0.15, -0.1) is 0 Å². The van der Waals surface area contributed by atoms with Crippen molar-refractivity contribution in [1.29, 1.82) is 0 Å². The lowest BCUT2D eigenvalue weighted by molar-refractivity contribution is -0.124. The lowest BCUT2D eigenvalue weighted by Crippen LogP contribution is -2.52. The zero-order valence-corrected chi connectivity index (χ0v) is 15.4. The molecule has 1 N–H and O–H groups in total. The molecular weight excluding hydrogens is 338 g/mol. The molecule has 0 unspecified atom stereocenters. The second-order valence-corrected chi connectivity index (χ2v) is 6.89. The van der Waals surface area contributed by atoms with Crippen LogP contribution in [-0.2, 0) is 4.79 Å². The number of amides is 1. The number of rotatable bonds is 4. The molecule has 1 aliphatic rings. The number of carbonyl (C=O) groups is 2. The summed E-state index contributed by atoms with van der Waals surface area (Å²) in [5.74, 6) is 0.0144. The Labute approximate surface area is 152 Å². The van der Waals surface area contributed by atoms with Gasteiger partial charge >= 0.3 is 0 Å². The molecule has 6 heteroatoms. The smallest absolute Gasteiger partial charge is 0.234 e. The number of benzene rings is 1. The number of nitrogens with one attached hydrogen (secondary N) is 1. The number of ketones is 1. The van der Waals surface area contributed by atoms with E-state index in [1.807, 2.05) is 56.0 Å². The van der Waals surface area contributed by atoms with Crippen LogP contribution in [0.25, 0.3) is 5.69 Å². The van der Waals surface area contributed by atoms with Gasteiger partial charge in [0.15, 0.2) is 5.78 Å². The van der Waals surface area contributed by atoms with Crippen molar-refractivity contribution < 1.29 is 9.59 Å². The molecule has 0 spiro atoms. The second-order valence-electron chi connectivity index (χ2n) is 6.46. The molecule has 132 valence electrons. The third-order valence-electron chi connectivity index (χ3n) is 4.78. The number of carbonyl (C=O) groups excluding carboxylic acids is 2. The standard InChI is InChI=1S/C19H22ClN3O2/c1-12-10-17(13(2)23(12)16-6-4-15(20)5-7-16)19(25)14(3)22-9-8-21-18(24)11-22/h4-7,10,14H,8-9,11H2,1-3H3,(H,21,24)/t14-/m1/s1. The molecule has 1 saturated heterocycles. The van der Waals surface area contributed by atoms with Crippen LogP contribution in [-0.4, -0.2) is 46.8 Å². The van der Waals surface area contributed by atoms with Gasteiger partial charge in [0.25, 0.3) is 0 Å². The predicted octanol–water partition coefficient (Wildman–Crippen LogP) is 2.75. The Morgan fingerprint density at radius 2 is 1.92 bits per heavy atom. The molecule has 1 atom stereocenters. The van der Waals surface area contributed by atoms with Crippen LogP contribution in [0.5, 0.6) is 0 Å². The van der Waals surface area contributed by atoms with Crippen molar-refractivity contribution in [2.75, 3.05) is 19.6 Å². The van der Waals surface area contributed by atoms with Crippen LogP contribution < -0.4 is 5.32 Å². The minimum absolute atomic E-state index is 0.0301. The van der Waals surface area contributed by atoms with E-state index in [1.54, 1.807) is 0 Å². The molecule has 3 rings (SSSR count). The maximum absolute atomic E-state index is 13.0. The van der Waals surface area contributed by atoms with Gasteiger partial charge in [0, 0.05) is 40.8 Å². The van der Waals surface area contributed by atoms with Crippen molar-refractivity contribution in [1.82, 2.24) is 14.8 Å². The number of halogens is 1. The normalized spacial score (nSPS) is 16.6. The SMILES string of the molecule is Cc1cc(C(=O)[C@@H](C)N2CCNC(=O)C2)c(C)n1-c1ccc(Cl)cc1. The summed E-state index contributed by atoms with van der Waals surface area (Å²) < 4.78 is 2.05. The second kappa shape index (κ2) is 7.02. The highest BCUT2D eigenvalue weighted by Gasteiger charge is 2.28. The molecule has 0 saturated carbocycles. The maximum Gasteiger partial charge on any atom is 0.234 e. The Hall–Kier alpha value is -2.11. The molecule has 1 aromatic heterocycles. The number of aromatic nitrogens is 1. The monoisotopic (exact) mass is 359 g/mol. The zero-order valence-electron chi connectivity index (χ0n) is 14.7. The number of hydrogen-bond donors (Lipinski definition) is 1. The van der Waals surface area contributed by atoms with E-state index in [4.69, 9.17) is 11.6 Å².